The lowest BCUT2D eigenvalue weighted by molar-refractivity contribution is 0.0956. The molecule has 4 rings (SSSR count). The highest BCUT2D eigenvalue weighted by atomic mass is 35.5. The lowest BCUT2D eigenvalue weighted by Gasteiger charge is -2.26. The second-order valence-corrected chi connectivity index (χ2v) is 7.98. The molecular formula is C24H25ClN4O. The van der Waals surface area contributed by atoms with E-state index in [0.29, 0.717) is 10.6 Å². The third-order valence-electron chi connectivity index (χ3n) is 5.39. The molecule has 0 aliphatic carbocycles. The summed E-state index contributed by atoms with van der Waals surface area (Å²) >= 11 is 6.02. The van der Waals surface area contributed by atoms with E-state index in [0.717, 1.165) is 66.8 Å². The van der Waals surface area contributed by atoms with Crippen LogP contribution in [0.4, 0.5) is 0 Å². The van der Waals surface area contributed by atoms with Crippen molar-refractivity contribution in [2.45, 2.75) is 26.2 Å². The van der Waals surface area contributed by atoms with Gasteiger partial charge in [0.1, 0.15) is 0 Å². The van der Waals surface area contributed by atoms with E-state index in [1.165, 1.54) is 0 Å². The summed E-state index contributed by atoms with van der Waals surface area (Å²) in [4.78, 5) is 20.2. The molecule has 1 fully saturated rings. The molecule has 2 heterocycles. The molecule has 0 saturated carbocycles. The quantitative estimate of drug-likeness (QED) is 0.581. The number of benzene rings is 2. The summed E-state index contributed by atoms with van der Waals surface area (Å²) in [5.74, 6) is -0.215. The number of nitrogens with one attached hydrogen (secondary N) is 1. The van der Waals surface area contributed by atoms with Crippen molar-refractivity contribution in [3.8, 4) is 11.3 Å². The van der Waals surface area contributed by atoms with E-state index in [9.17, 15) is 4.79 Å². The summed E-state index contributed by atoms with van der Waals surface area (Å²) in [6, 6.07) is 17.0. The zero-order valence-corrected chi connectivity index (χ0v) is 17.8. The van der Waals surface area contributed by atoms with Crippen molar-refractivity contribution in [1.29, 1.82) is 0 Å². The second kappa shape index (κ2) is 9.37. The molecular weight excluding hydrogens is 396 g/mol. The number of nitrogens with zero attached hydrogens (tertiary/aromatic N) is 3. The molecule has 154 valence electrons. The van der Waals surface area contributed by atoms with Gasteiger partial charge in [0.05, 0.1) is 16.8 Å². The van der Waals surface area contributed by atoms with Gasteiger partial charge in [-0.15, -0.1) is 0 Å². The molecule has 0 bridgehead atoms. The molecule has 1 aromatic heterocycles. The molecule has 30 heavy (non-hydrogen) atoms. The van der Waals surface area contributed by atoms with Gasteiger partial charge in [0.2, 0.25) is 0 Å². The van der Waals surface area contributed by atoms with Crippen LogP contribution < -0.4 is 5.43 Å². The minimum Gasteiger partial charge on any atom is -0.303 e. The first-order valence-electron chi connectivity index (χ1n) is 10.4. The number of rotatable bonds is 5. The Labute approximate surface area is 181 Å². The number of hydrogen-bond donors (Lipinski definition) is 1. The molecule has 1 saturated heterocycles. The first kappa shape index (κ1) is 20.5. The maximum Gasteiger partial charge on any atom is 0.272 e. The van der Waals surface area contributed by atoms with Crippen LogP contribution in [0.3, 0.4) is 0 Å². The number of para-hydroxylation sites is 1. The van der Waals surface area contributed by atoms with Crippen LogP contribution in [0.5, 0.6) is 0 Å². The Hall–Kier alpha value is -2.76. The molecule has 1 aliphatic heterocycles. The number of fused-ring (bicyclic) bond motifs is 1. The molecule has 0 spiro atoms. The second-order valence-electron chi connectivity index (χ2n) is 7.54. The summed E-state index contributed by atoms with van der Waals surface area (Å²) in [6.07, 6.45) is 2.95. The first-order chi connectivity index (χ1) is 14.6. The predicted octanol–water partition coefficient (Wildman–Crippen LogP) is 5.15. The van der Waals surface area contributed by atoms with Gasteiger partial charge in [0.25, 0.3) is 5.91 Å². The minimum atomic E-state index is -0.215. The van der Waals surface area contributed by atoms with Gasteiger partial charge in [-0.3, -0.25) is 4.79 Å². The lowest BCUT2D eigenvalue weighted by Crippen LogP contribution is -2.35. The van der Waals surface area contributed by atoms with Crippen molar-refractivity contribution in [2.75, 3.05) is 19.6 Å². The predicted molar refractivity (Wildman–Crippen MR) is 123 cm³/mol. The number of aromatic nitrogens is 1. The number of carbonyl (C=O) groups excluding carboxylic acids is 1. The summed E-state index contributed by atoms with van der Waals surface area (Å²) in [6.45, 7) is 5.32. The monoisotopic (exact) mass is 420 g/mol. The summed E-state index contributed by atoms with van der Waals surface area (Å²) in [5, 5.41) is 5.90. The standard InChI is InChI=1S/C24H25ClN4O/c1-2-13-29-14-11-19(12-15-29)27-28-24(30)21-16-23(17-7-9-18(25)10-8-17)26-22-6-4-3-5-20(21)22/h3-10,16H,2,11-15H2,1H3,(H,28,30). The molecule has 0 unspecified atom stereocenters. The number of piperidine rings is 1. The van der Waals surface area contributed by atoms with Crippen molar-refractivity contribution in [2.24, 2.45) is 5.10 Å². The van der Waals surface area contributed by atoms with Gasteiger partial charge >= 0.3 is 0 Å². The Morgan fingerprint density at radius 2 is 1.87 bits per heavy atom. The Bertz CT molecular complexity index is 1070. The zero-order valence-electron chi connectivity index (χ0n) is 17.1. The van der Waals surface area contributed by atoms with Crippen molar-refractivity contribution in [3.05, 3.63) is 65.2 Å². The Balaban J connectivity index is 1.59. The highest BCUT2D eigenvalue weighted by molar-refractivity contribution is 6.30. The SMILES string of the molecule is CCCN1CCC(=NNC(=O)c2cc(-c3ccc(Cl)cc3)nc3ccccc23)CC1. The highest BCUT2D eigenvalue weighted by Crippen LogP contribution is 2.26. The van der Waals surface area contributed by atoms with Crippen LogP contribution >= 0.6 is 11.6 Å². The number of halogens is 1. The summed E-state index contributed by atoms with van der Waals surface area (Å²) in [5.41, 5.74) is 6.81. The van der Waals surface area contributed by atoms with Crippen LogP contribution in [-0.4, -0.2) is 41.1 Å². The zero-order chi connectivity index (χ0) is 20.9. The summed E-state index contributed by atoms with van der Waals surface area (Å²) in [7, 11) is 0. The van der Waals surface area contributed by atoms with Crippen molar-refractivity contribution in [3.63, 3.8) is 0 Å². The molecule has 0 atom stereocenters. The average Bonchev–Trinajstić information content (AvgIpc) is 2.78. The van der Waals surface area contributed by atoms with E-state index in [1.54, 1.807) is 0 Å². The number of likely N-dealkylation sites (tertiary alicyclic amines) is 1. The van der Waals surface area contributed by atoms with Crippen LogP contribution in [-0.2, 0) is 0 Å². The molecule has 5 nitrogen and oxygen atoms in total. The maximum atomic E-state index is 13.0. The van der Waals surface area contributed by atoms with E-state index < -0.39 is 0 Å². The van der Waals surface area contributed by atoms with Crippen LogP contribution in [0.1, 0.15) is 36.5 Å². The molecule has 1 amide bonds. The number of hydrazone groups is 1. The average molecular weight is 421 g/mol. The van der Waals surface area contributed by atoms with E-state index in [4.69, 9.17) is 16.6 Å². The Kier molecular flexibility index (Phi) is 6.41. The number of pyridine rings is 1. The van der Waals surface area contributed by atoms with Gasteiger partial charge in [-0.05, 0) is 37.2 Å². The molecule has 3 aromatic rings. The van der Waals surface area contributed by atoms with Crippen LogP contribution in [0.25, 0.3) is 22.2 Å². The fraction of sp³-hybridized carbons (Fsp3) is 0.292. The van der Waals surface area contributed by atoms with E-state index in [2.05, 4.69) is 22.4 Å². The Morgan fingerprint density at radius 1 is 1.13 bits per heavy atom. The van der Waals surface area contributed by atoms with Crippen LogP contribution in [0, 0.1) is 0 Å². The molecule has 1 N–H and O–H groups in total. The highest BCUT2D eigenvalue weighted by Gasteiger charge is 2.16. The van der Waals surface area contributed by atoms with Gasteiger partial charge < -0.3 is 4.90 Å². The normalized spacial score (nSPS) is 14.7. The molecule has 1 aliphatic rings. The number of amides is 1. The summed E-state index contributed by atoms with van der Waals surface area (Å²) < 4.78 is 0. The number of hydrogen-bond acceptors (Lipinski definition) is 4. The van der Waals surface area contributed by atoms with Crippen LogP contribution in [0.15, 0.2) is 59.7 Å². The topological polar surface area (TPSA) is 57.6 Å². The third-order valence-corrected chi connectivity index (χ3v) is 5.64. The molecule has 6 heteroatoms. The maximum absolute atomic E-state index is 13.0. The van der Waals surface area contributed by atoms with Gasteiger partial charge in [-0.2, -0.15) is 5.10 Å². The van der Waals surface area contributed by atoms with Crippen molar-refractivity contribution >= 4 is 34.1 Å². The Morgan fingerprint density at radius 3 is 2.60 bits per heavy atom. The van der Waals surface area contributed by atoms with Crippen LogP contribution in [0.2, 0.25) is 5.02 Å². The fourth-order valence-electron chi connectivity index (χ4n) is 3.78. The third kappa shape index (κ3) is 4.69. The van der Waals surface area contributed by atoms with E-state index >= 15 is 0 Å². The fourth-order valence-corrected chi connectivity index (χ4v) is 3.91. The van der Waals surface area contributed by atoms with Gasteiger partial charge in [-0.1, -0.05) is 48.9 Å². The smallest absolute Gasteiger partial charge is 0.272 e. The largest absolute Gasteiger partial charge is 0.303 e. The molecule has 0 radical (unpaired) electrons. The van der Waals surface area contributed by atoms with Gasteiger partial charge in [0.15, 0.2) is 0 Å². The lowest BCUT2D eigenvalue weighted by atomic mass is 10.0. The van der Waals surface area contributed by atoms with Gasteiger partial charge in [-0.25, -0.2) is 10.4 Å². The van der Waals surface area contributed by atoms with E-state index in [1.807, 2.05) is 54.6 Å². The van der Waals surface area contributed by atoms with Crippen molar-refractivity contribution in [1.82, 2.24) is 15.3 Å². The van der Waals surface area contributed by atoms with Gasteiger partial charge in [0, 0.05) is 47.6 Å². The minimum absolute atomic E-state index is 0.215. The number of carbonyl (C=O) groups is 1. The first-order valence-corrected chi connectivity index (χ1v) is 10.8. The molecule has 2 aromatic carbocycles. The van der Waals surface area contributed by atoms with E-state index in [-0.39, 0.29) is 5.91 Å². The van der Waals surface area contributed by atoms with Crippen molar-refractivity contribution < 1.29 is 4.79 Å².